The standard InChI is InChI=1S/C56H81BN2S3/c1-54(2,3)37-26-28-40(29-27-37)58-43-19-15-20-44-48(43)57(52-50(58)42-18-13-14-21-45(42)61-52)49-51-47(33-46(60-51)36-24-22-35(23-25-36)34-16-11-10-12-17-34)62-53(49)59(44)41-31-38(55(4,5)6)30-39(32-41)56(7,8)9/h10-12,14,16-17,21-22,26,28,31,36-40,42-53H,13,15,18-20,23-25,27,29-30,32-33H2,1-9H3. The van der Waals surface area contributed by atoms with Gasteiger partial charge < -0.3 is 4.90 Å². The number of nitrogens with zero attached hydrogens (tertiary/aromatic N) is 2. The topological polar surface area (TPSA) is 6.48 Å². The van der Waals surface area contributed by atoms with Gasteiger partial charge in [0.2, 0.25) is 0 Å². The lowest BCUT2D eigenvalue weighted by atomic mass is 9.24. The fourth-order valence-corrected chi connectivity index (χ4v) is 22.5. The molecule has 6 heteroatoms. The molecule has 0 bridgehead atoms. The smallest absolute Gasteiger partial charge is 0.172 e. The van der Waals surface area contributed by atoms with Gasteiger partial charge in [-0.1, -0.05) is 129 Å². The van der Waals surface area contributed by atoms with Gasteiger partial charge in [0.25, 0.3) is 0 Å². The molecule has 17 atom stereocenters. The highest BCUT2D eigenvalue weighted by Crippen LogP contribution is 2.70. The number of fused-ring (bicyclic) bond motifs is 8. The summed E-state index contributed by atoms with van der Waals surface area (Å²) in [5.41, 5.74) is 5.82. The number of hydrogen-bond acceptors (Lipinski definition) is 5. The third-order valence-electron chi connectivity index (χ3n) is 19.2. The van der Waals surface area contributed by atoms with Crippen molar-refractivity contribution in [3.05, 3.63) is 78.0 Å². The van der Waals surface area contributed by atoms with Crippen molar-refractivity contribution in [2.45, 2.75) is 213 Å². The third kappa shape index (κ3) is 7.58. The van der Waals surface area contributed by atoms with Gasteiger partial charge in [0.1, 0.15) is 0 Å². The van der Waals surface area contributed by atoms with E-state index < -0.39 is 0 Å². The van der Waals surface area contributed by atoms with Crippen molar-refractivity contribution in [2.24, 2.45) is 45.8 Å². The molecule has 5 aliphatic heterocycles. The van der Waals surface area contributed by atoms with Gasteiger partial charge in [0.15, 0.2) is 6.71 Å². The van der Waals surface area contributed by atoms with Crippen LogP contribution in [0.2, 0.25) is 11.6 Å². The molecule has 0 spiro atoms. The summed E-state index contributed by atoms with van der Waals surface area (Å²) in [6, 6.07) is 14.1. The van der Waals surface area contributed by atoms with Crippen molar-refractivity contribution in [3.63, 3.8) is 0 Å². The molecule has 0 radical (unpaired) electrons. The first-order valence-corrected chi connectivity index (χ1v) is 28.8. The van der Waals surface area contributed by atoms with Crippen molar-refractivity contribution in [1.29, 1.82) is 0 Å². The van der Waals surface area contributed by atoms with Gasteiger partial charge in [-0.3, -0.25) is 4.90 Å². The predicted octanol–water partition coefficient (Wildman–Crippen LogP) is 14.7. The van der Waals surface area contributed by atoms with Crippen molar-refractivity contribution in [1.82, 2.24) is 9.80 Å². The number of rotatable bonds is 4. The Hall–Kier alpha value is -0.945. The molecule has 1 saturated carbocycles. The summed E-state index contributed by atoms with van der Waals surface area (Å²) in [5.74, 6) is 5.33. The Balaban J connectivity index is 0.990. The summed E-state index contributed by atoms with van der Waals surface area (Å²) in [7, 11) is 0. The van der Waals surface area contributed by atoms with Gasteiger partial charge in [0, 0.05) is 50.9 Å². The summed E-state index contributed by atoms with van der Waals surface area (Å²) < 4.78 is 0. The van der Waals surface area contributed by atoms with Crippen LogP contribution in [-0.4, -0.2) is 72.2 Å². The molecule has 0 amide bonds. The average molecular weight is 889 g/mol. The molecule has 5 aliphatic carbocycles. The number of benzene rings is 1. The molecule has 17 unspecified atom stereocenters. The minimum atomic E-state index is 0.288. The molecular weight excluding hydrogens is 808 g/mol. The molecule has 336 valence electrons. The van der Waals surface area contributed by atoms with E-state index in [4.69, 9.17) is 0 Å². The Bertz CT molecular complexity index is 1930. The number of allylic oxidation sites excluding steroid dienone is 6. The second-order valence-electron chi connectivity index (χ2n) is 25.6. The van der Waals surface area contributed by atoms with Gasteiger partial charge in [-0.15, -0.1) is 11.8 Å². The Labute approximate surface area is 392 Å². The second kappa shape index (κ2) is 16.4. The van der Waals surface area contributed by atoms with E-state index in [1.807, 2.05) is 0 Å². The highest BCUT2D eigenvalue weighted by molar-refractivity contribution is 8.06. The van der Waals surface area contributed by atoms with Gasteiger partial charge in [-0.2, -0.15) is 23.5 Å². The first kappa shape index (κ1) is 43.6. The van der Waals surface area contributed by atoms with E-state index in [0.717, 1.165) is 69.1 Å². The molecule has 1 aromatic carbocycles. The summed E-state index contributed by atoms with van der Waals surface area (Å²) >= 11 is 7.62. The maximum atomic E-state index is 3.34. The van der Waals surface area contributed by atoms with Crippen LogP contribution in [-0.2, 0) is 0 Å². The zero-order chi connectivity index (χ0) is 42.9. The predicted molar refractivity (Wildman–Crippen MR) is 274 cm³/mol. The molecule has 2 nitrogen and oxygen atoms in total. The third-order valence-corrected chi connectivity index (χ3v) is 24.7. The van der Waals surface area contributed by atoms with Crippen LogP contribution in [0.3, 0.4) is 0 Å². The molecule has 11 rings (SSSR count). The van der Waals surface area contributed by atoms with Crippen LogP contribution in [0.15, 0.2) is 72.5 Å². The lowest BCUT2D eigenvalue weighted by Crippen LogP contribution is -2.74. The highest BCUT2D eigenvalue weighted by atomic mass is 32.2. The SMILES string of the molecule is CC(C)(C)C1C=CC(N2C3CCCC4C3B(C3SC5C=CCCC5C32)C2C3SC(C5CC=C(c6ccccc6)CC5)CC3SC2N4C2=CC(C(C)(C)C)CC(C(C)(C)C)C2)CC1. The van der Waals surface area contributed by atoms with E-state index in [2.05, 4.69) is 174 Å². The molecule has 5 saturated heterocycles. The minimum Gasteiger partial charge on any atom is -0.361 e. The van der Waals surface area contributed by atoms with Crippen molar-refractivity contribution in [3.8, 4) is 0 Å². The van der Waals surface area contributed by atoms with Gasteiger partial charge >= 0.3 is 0 Å². The Morgan fingerprint density at radius 3 is 2.21 bits per heavy atom. The molecule has 5 heterocycles. The minimum absolute atomic E-state index is 0.288. The monoisotopic (exact) mass is 889 g/mol. The van der Waals surface area contributed by atoms with Gasteiger partial charge in [-0.05, 0) is 157 Å². The molecular formula is C56H81BN2S3. The molecule has 6 fully saturated rings. The summed E-state index contributed by atoms with van der Waals surface area (Å²) in [4.78, 5) is 6.65. The lowest BCUT2D eigenvalue weighted by Gasteiger charge is -2.65. The van der Waals surface area contributed by atoms with Crippen LogP contribution in [0.5, 0.6) is 0 Å². The van der Waals surface area contributed by atoms with Crippen LogP contribution in [0.1, 0.15) is 151 Å². The summed E-state index contributed by atoms with van der Waals surface area (Å²) in [6.07, 6.45) is 34.1. The fraction of sp³-hybridized carbons (Fsp3) is 0.750. The van der Waals surface area contributed by atoms with Gasteiger partial charge in [-0.25, -0.2) is 0 Å². The van der Waals surface area contributed by atoms with Crippen LogP contribution in [0.4, 0.5) is 0 Å². The van der Waals surface area contributed by atoms with Crippen LogP contribution >= 0.6 is 35.3 Å². The van der Waals surface area contributed by atoms with E-state index in [1.165, 1.54) is 89.0 Å². The quantitative estimate of drug-likeness (QED) is 0.219. The zero-order valence-electron chi connectivity index (χ0n) is 40.1. The first-order valence-electron chi connectivity index (χ1n) is 26.0. The van der Waals surface area contributed by atoms with E-state index in [0.29, 0.717) is 45.4 Å². The zero-order valence-corrected chi connectivity index (χ0v) is 42.5. The highest BCUT2D eigenvalue weighted by Gasteiger charge is 2.71. The van der Waals surface area contributed by atoms with Crippen LogP contribution < -0.4 is 0 Å². The Kier molecular flexibility index (Phi) is 11.5. The molecule has 0 N–H and O–H groups in total. The average Bonchev–Trinajstić information content (AvgIpc) is 3.95. The Morgan fingerprint density at radius 1 is 0.710 bits per heavy atom. The van der Waals surface area contributed by atoms with Crippen molar-refractivity contribution in [2.75, 3.05) is 0 Å². The number of thioether (sulfide) groups is 3. The summed E-state index contributed by atoms with van der Waals surface area (Å²) in [5, 5.41) is 4.58. The van der Waals surface area contributed by atoms with Crippen molar-refractivity contribution < 1.29 is 0 Å². The van der Waals surface area contributed by atoms with Crippen LogP contribution in [0.25, 0.3) is 5.57 Å². The van der Waals surface area contributed by atoms with E-state index in [1.54, 1.807) is 11.3 Å². The maximum absolute atomic E-state index is 3.34. The Morgan fingerprint density at radius 2 is 1.50 bits per heavy atom. The normalized spacial score (nSPS) is 44.2. The van der Waals surface area contributed by atoms with Crippen molar-refractivity contribution >= 4 is 47.6 Å². The fourth-order valence-electron chi connectivity index (χ4n) is 15.8. The van der Waals surface area contributed by atoms with E-state index in [9.17, 15) is 0 Å². The van der Waals surface area contributed by atoms with Crippen LogP contribution in [0, 0.1) is 45.8 Å². The second-order valence-corrected chi connectivity index (χ2v) is 29.7. The molecule has 1 aromatic rings. The largest absolute Gasteiger partial charge is 0.361 e. The van der Waals surface area contributed by atoms with E-state index >= 15 is 0 Å². The molecule has 0 aromatic heterocycles. The van der Waals surface area contributed by atoms with E-state index in [-0.39, 0.29) is 5.41 Å². The van der Waals surface area contributed by atoms with Gasteiger partial charge in [0.05, 0.1) is 5.37 Å². The summed E-state index contributed by atoms with van der Waals surface area (Å²) in [6.45, 7) is 23.6. The molecule has 10 aliphatic rings. The molecule has 62 heavy (non-hydrogen) atoms. The number of hydrogen-bond donors (Lipinski definition) is 0. The lowest BCUT2D eigenvalue weighted by molar-refractivity contribution is -0.000853. The maximum Gasteiger partial charge on any atom is 0.172 e. The first-order chi connectivity index (χ1) is 29.6.